The van der Waals surface area contributed by atoms with Crippen LogP contribution in [0.1, 0.15) is 40.2 Å². The van der Waals surface area contributed by atoms with Crippen LogP contribution in [0.3, 0.4) is 0 Å². The number of hydrogen-bond donors (Lipinski definition) is 2. The fourth-order valence-electron chi connectivity index (χ4n) is 3.13. The summed E-state index contributed by atoms with van der Waals surface area (Å²) >= 11 is 7.48. The normalized spacial score (nSPS) is 13.6. The molecule has 0 bridgehead atoms. The molecule has 0 amide bonds. The Morgan fingerprint density at radius 2 is 2.07 bits per heavy atom. The SMILES string of the molecule is N#Cc1cc(NS(=O)(=O)c2cc(C(=O)O)ccc2C2CC2)c(-c2cscn2)cc1Cl. The summed E-state index contributed by atoms with van der Waals surface area (Å²) in [5.41, 5.74) is 3.24. The molecule has 0 unspecified atom stereocenters. The molecule has 1 heterocycles. The van der Waals surface area contributed by atoms with E-state index >= 15 is 0 Å². The van der Waals surface area contributed by atoms with Gasteiger partial charge in [-0.05, 0) is 48.6 Å². The highest BCUT2D eigenvalue weighted by atomic mass is 35.5. The van der Waals surface area contributed by atoms with Gasteiger partial charge in [0, 0.05) is 10.9 Å². The minimum atomic E-state index is -4.15. The maximum atomic E-state index is 13.3. The van der Waals surface area contributed by atoms with Gasteiger partial charge in [-0.25, -0.2) is 18.2 Å². The number of aromatic nitrogens is 1. The lowest BCUT2D eigenvalue weighted by Gasteiger charge is -2.16. The molecule has 10 heteroatoms. The molecule has 2 aromatic carbocycles. The summed E-state index contributed by atoms with van der Waals surface area (Å²) in [5, 5.41) is 20.5. The summed E-state index contributed by atoms with van der Waals surface area (Å²) in [6.07, 6.45) is 1.69. The second kappa shape index (κ2) is 7.72. The van der Waals surface area contributed by atoms with Gasteiger partial charge in [-0.15, -0.1) is 11.3 Å². The first kappa shape index (κ1) is 20.3. The van der Waals surface area contributed by atoms with Gasteiger partial charge in [0.2, 0.25) is 0 Å². The van der Waals surface area contributed by atoms with E-state index in [1.165, 1.54) is 35.6 Å². The van der Waals surface area contributed by atoms with Crippen molar-refractivity contribution in [3.05, 3.63) is 62.9 Å². The van der Waals surface area contributed by atoms with Crippen LogP contribution in [0.15, 0.2) is 46.1 Å². The van der Waals surface area contributed by atoms with Crippen LogP contribution in [0.4, 0.5) is 5.69 Å². The first-order valence-electron chi connectivity index (χ1n) is 8.82. The zero-order valence-electron chi connectivity index (χ0n) is 15.3. The van der Waals surface area contributed by atoms with Crippen molar-refractivity contribution < 1.29 is 18.3 Å². The van der Waals surface area contributed by atoms with E-state index < -0.39 is 16.0 Å². The van der Waals surface area contributed by atoms with E-state index in [9.17, 15) is 23.6 Å². The molecule has 0 saturated heterocycles. The Bertz CT molecular complexity index is 1290. The van der Waals surface area contributed by atoms with Crippen molar-refractivity contribution in [2.45, 2.75) is 23.7 Å². The fourth-order valence-corrected chi connectivity index (χ4v) is 5.29. The fraction of sp³-hybridized carbons (Fsp3) is 0.150. The summed E-state index contributed by atoms with van der Waals surface area (Å²) in [7, 11) is -4.15. The number of nitriles is 1. The molecule has 0 aliphatic heterocycles. The maximum Gasteiger partial charge on any atom is 0.335 e. The van der Waals surface area contributed by atoms with Crippen LogP contribution >= 0.6 is 22.9 Å². The van der Waals surface area contributed by atoms with Crippen LogP contribution in [0.25, 0.3) is 11.3 Å². The van der Waals surface area contributed by atoms with E-state index in [1.807, 2.05) is 6.07 Å². The first-order valence-corrected chi connectivity index (χ1v) is 11.6. The predicted octanol–water partition coefficient (Wildman–Crippen LogP) is 4.71. The summed E-state index contributed by atoms with van der Waals surface area (Å²) in [5.74, 6) is -1.13. The van der Waals surface area contributed by atoms with Crippen molar-refractivity contribution in [1.82, 2.24) is 4.98 Å². The lowest BCUT2D eigenvalue weighted by Crippen LogP contribution is -2.16. The molecule has 1 aliphatic rings. The molecule has 1 aliphatic carbocycles. The summed E-state index contributed by atoms with van der Waals surface area (Å²) in [6, 6.07) is 8.91. The molecule has 1 aromatic heterocycles. The quantitative estimate of drug-likeness (QED) is 0.550. The van der Waals surface area contributed by atoms with Crippen LogP contribution < -0.4 is 4.72 Å². The average Bonchev–Trinajstić information content (AvgIpc) is 3.42. The van der Waals surface area contributed by atoms with Crippen molar-refractivity contribution in [2.75, 3.05) is 4.72 Å². The van der Waals surface area contributed by atoms with Gasteiger partial charge in [0.25, 0.3) is 10.0 Å². The molecule has 152 valence electrons. The third-order valence-electron chi connectivity index (χ3n) is 4.75. The summed E-state index contributed by atoms with van der Waals surface area (Å²) < 4.78 is 29.1. The molecular weight excluding hydrogens is 446 g/mol. The van der Waals surface area contributed by atoms with Gasteiger partial charge in [0.15, 0.2) is 0 Å². The van der Waals surface area contributed by atoms with Crippen molar-refractivity contribution >= 4 is 44.6 Å². The van der Waals surface area contributed by atoms with Gasteiger partial charge in [-0.2, -0.15) is 5.26 Å². The van der Waals surface area contributed by atoms with E-state index in [0.717, 1.165) is 12.8 Å². The number of anilines is 1. The van der Waals surface area contributed by atoms with E-state index in [-0.39, 0.29) is 32.7 Å². The number of thiazole rings is 1. The lowest BCUT2D eigenvalue weighted by molar-refractivity contribution is 0.0696. The predicted molar refractivity (Wildman–Crippen MR) is 113 cm³/mol. The standard InChI is InChI=1S/C20H14ClN3O4S2/c21-16-7-15(18-9-29-10-23-18)17(5-13(16)8-22)24-30(27,28)19-6-12(20(25)26)3-4-14(19)11-1-2-11/h3-7,9-11,24H,1-2H2,(H,25,26). The lowest BCUT2D eigenvalue weighted by atomic mass is 10.1. The minimum absolute atomic E-state index is 0.0808. The van der Waals surface area contributed by atoms with E-state index in [1.54, 1.807) is 17.0 Å². The van der Waals surface area contributed by atoms with Crippen molar-refractivity contribution in [2.24, 2.45) is 0 Å². The molecule has 1 saturated carbocycles. The number of sulfonamides is 1. The van der Waals surface area contributed by atoms with Crippen molar-refractivity contribution in [3.8, 4) is 17.3 Å². The number of hydrogen-bond acceptors (Lipinski definition) is 6. The Labute approximate surface area is 181 Å². The third-order valence-corrected chi connectivity index (χ3v) is 7.07. The zero-order chi connectivity index (χ0) is 21.5. The number of nitrogens with one attached hydrogen (secondary N) is 1. The molecule has 4 rings (SSSR count). The zero-order valence-corrected chi connectivity index (χ0v) is 17.7. The van der Waals surface area contributed by atoms with Crippen molar-refractivity contribution in [3.63, 3.8) is 0 Å². The van der Waals surface area contributed by atoms with Gasteiger partial charge < -0.3 is 5.11 Å². The molecule has 0 atom stereocenters. The molecule has 7 nitrogen and oxygen atoms in total. The van der Waals surface area contributed by atoms with Crippen molar-refractivity contribution in [1.29, 1.82) is 5.26 Å². The number of benzene rings is 2. The number of carboxylic acid groups (broad SMARTS) is 1. The Kier molecular flexibility index (Phi) is 5.24. The number of aromatic carboxylic acids is 1. The number of halogens is 1. The molecule has 30 heavy (non-hydrogen) atoms. The Hall–Kier alpha value is -2.93. The molecular formula is C20H14ClN3O4S2. The highest BCUT2D eigenvalue weighted by Crippen LogP contribution is 2.44. The first-order chi connectivity index (χ1) is 14.3. The number of nitrogens with zero attached hydrogens (tertiary/aromatic N) is 2. The van der Waals surface area contributed by atoms with E-state index in [4.69, 9.17) is 11.6 Å². The number of carbonyl (C=O) groups is 1. The molecule has 0 spiro atoms. The Morgan fingerprint density at radius 1 is 1.30 bits per heavy atom. The molecule has 1 fully saturated rings. The largest absolute Gasteiger partial charge is 0.478 e. The van der Waals surface area contributed by atoms with E-state index in [2.05, 4.69) is 9.71 Å². The molecule has 2 N–H and O–H groups in total. The summed E-state index contributed by atoms with van der Waals surface area (Å²) in [4.78, 5) is 15.5. The van der Waals surface area contributed by atoms with Gasteiger partial charge in [0.1, 0.15) is 6.07 Å². The smallest absolute Gasteiger partial charge is 0.335 e. The number of carboxylic acids is 1. The van der Waals surface area contributed by atoms with Gasteiger partial charge >= 0.3 is 5.97 Å². The van der Waals surface area contributed by atoms with Crippen LogP contribution in [-0.4, -0.2) is 24.5 Å². The molecule has 3 aromatic rings. The maximum absolute atomic E-state index is 13.3. The highest BCUT2D eigenvalue weighted by Gasteiger charge is 2.31. The second-order valence-electron chi connectivity index (χ2n) is 6.80. The van der Waals surface area contributed by atoms with E-state index in [0.29, 0.717) is 16.8 Å². The monoisotopic (exact) mass is 459 g/mol. The molecule has 0 radical (unpaired) electrons. The van der Waals surface area contributed by atoms with Crippen LogP contribution in [-0.2, 0) is 10.0 Å². The van der Waals surface area contributed by atoms with Gasteiger partial charge in [-0.3, -0.25) is 4.72 Å². The second-order valence-corrected chi connectivity index (χ2v) is 9.58. The highest BCUT2D eigenvalue weighted by molar-refractivity contribution is 7.92. The minimum Gasteiger partial charge on any atom is -0.478 e. The third kappa shape index (κ3) is 3.89. The van der Waals surface area contributed by atoms with Crippen LogP contribution in [0.2, 0.25) is 5.02 Å². The number of rotatable bonds is 6. The van der Waals surface area contributed by atoms with Crippen LogP contribution in [0.5, 0.6) is 0 Å². The topological polar surface area (TPSA) is 120 Å². The Morgan fingerprint density at radius 3 is 2.67 bits per heavy atom. The average molecular weight is 460 g/mol. The van der Waals surface area contributed by atoms with Gasteiger partial charge in [-0.1, -0.05) is 17.7 Å². The summed E-state index contributed by atoms with van der Waals surface area (Å²) in [6.45, 7) is 0. The van der Waals surface area contributed by atoms with Gasteiger partial charge in [0.05, 0.1) is 37.9 Å². The van der Waals surface area contributed by atoms with Crippen LogP contribution in [0, 0.1) is 11.3 Å². The Balaban J connectivity index is 1.84.